The van der Waals surface area contributed by atoms with Gasteiger partial charge in [0.1, 0.15) is 5.82 Å². The molecule has 26 heavy (non-hydrogen) atoms. The van der Waals surface area contributed by atoms with E-state index >= 15 is 0 Å². The van der Waals surface area contributed by atoms with E-state index in [1.54, 1.807) is 44.2 Å². The lowest BCUT2D eigenvalue weighted by atomic mass is 10.1. The van der Waals surface area contributed by atoms with Gasteiger partial charge in [-0.3, -0.25) is 4.79 Å². The van der Waals surface area contributed by atoms with Gasteiger partial charge in [-0.2, -0.15) is 0 Å². The summed E-state index contributed by atoms with van der Waals surface area (Å²) in [4.78, 5) is 24.0. The molecular formula is C19H19ClFNO3S. The molecule has 2 aromatic rings. The minimum Gasteiger partial charge on any atom is -0.462 e. The Morgan fingerprint density at radius 2 is 2.04 bits per heavy atom. The number of amides is 1. The normalized spacial score (nSPS) is 10.5. The number of carbonyl (C=O) groups is 2. The first-order valence-electron chi connectivity index (χ1n) is 8.00. The van der Waals surface area contributed by atoms with Gasteiger partial charge in [-0.15, -0.1) is 11.8 Å². The Morgan fingerprint density at radius 3 is 2.73 bits per heavy atom. The van der Waals surface area contributed by atoms with Crippen LogP contribution in [-0.4, -0.2) is 24.2 Å². The van der Waals surface area contributed by atoms with Crippen molar-refractivity contribution in [2.24, 2.45) is 0 Å². The van der Waals surface area contributed by atoms with Gasteiger partial charge in [-0.1, -0.05) is 23.7 Å². The smallest absolute Gasteiger partial charge is 0.338 e. The number of nitrogens with one attached hydrogen (secondary N) is 1. The molecule has 4 nitrogen and oxygen atoms in total. The van der Waals surface area contributed by atoms with Crippen LogP contribution < -0.4 is 5.32 Å². The summed E-state index contributed by atoms with van der Waals surface area (Å²) in [6, 6.07) is 9.54. The van der Waals surface area contributed by atoms with E-state index in [4.69, 9.17) is 16.3 Å². The molecule has 0 fully saturated rings. The molecule has 0 aromatic heterocycles. The monoisotopic (exact) mass is 395 g/mol. The zero-order valence-corrected chi connectivity index (χ0v) is 16.0. The highest BCUT2D eigenvalue weighted by molar-refractivity contribution is 7.99. The molecule has 1 N–H and O–H groups in total. The Balaban J connectivity index is 1.93. The molecule has 0 aliphatic carbocycles. The highest BCUT2D eigenvalue weighted by Crippen LogP contribution is 2.22. The summed E-state index contributed by atoms with van der Waals surface area (Å²) >= 11 is 7.01. The van der Waals surface area contributed by atoms with E-state index in [9.17, 15) is 14.0 Å². The van der Waals surface area contributed by atoms with Gasteiger partial charge in [0.2, 0.25) is 5.91 Å². The minimum atomic E-state index is -0.423. The van der Waals surface area contributed by atoms with Crippen molar-refractivity contribution in [2.75, 3.05) is 17.7 Å². The maximum absolute atomic E-state index is 13.7. The Hall–Kier alpha value is -2.05. The lowest BCUT2D eigenvalue weighted by Crippen LogP contribution is -2.16. The second kappa shape index (κ2) is 9.59. The van der Waals surface area contributed by atoms with Gasteiger partial charge in [0, 0.05) is 16.5 Å². The summed E-state index contributed by atoms with van der Waals surface area (Å²) in [7, 11) is 0. The van der Waals surface area contributed by atoms with Crippen molar-refractivity contribution in [1.82, 2.24) is 0 Å². The van der Waals surface area contributed by atoms with Crippen molar-refractivity contribution in [2.45, 2.75) is 19.6 Å². The number of esters is 1. The quantitative estimate of drug-likeness (QED) is 0.682. The molecule has 1 amide bonds. The Morgan fingerprint density at radius 1 is 1.27 bits per heavy atom. The van der Waals surface area contributed by atoms with Gasteiger partial charge in [0.25, 0.3) is 0 Å². The van der Waals surface area contributed by atoms with E-state index in [0.29, 0.717) is 33.2 Å². The van der Waals surface area contributed by atoms with Crippen LogP contribution in [0, 0.1) is 12.7 Å². The van der Waals surface area contributed by atoms with E-state index in [1.165, 1.54) is 17.8 Å². The first kappa shape index (κ1) is 20.3. The summed E-state index contributed by atoms with van der Waals surface area (Å²) in [5.41, 5.74) is 2.11. The number of hydrogen-bond donors (Lipinski definition) is 1. The number of hydrogen-bond acceptors (Lipinski definition) is 4. The average molecular weight is 396 g/mol. The molecule has 0 unspecified atom stereocenters. The van der Waals surface area contributed by atoms with Crippen LogP contribution in [0.25, 0.3) is 0 Å². The summed E-state index contributed by atoms with van der Waals surface area (Å²) < 4.78 is 18.7. The van der Waals surface area contributed by atoms with Crippen LogP contribution in [0.5, 0.6) is 0 Å². The molecule has 2 aromatic carbocycles. The number of ether oxygens (including phenoxy) is 1. The third-order valence-corrected chi connectivity index (χ3v) is 4.83. The van der Waals surface area contributed by atoms with E-state index in [2.05, 4.69) is 5.32 Å². The SMILES string of the molecule is CCOC(=O)c1cccc(NC(=O)CSCc2ccc(Cl)cc2F)c1C. The average Bonchev–Trinajstić information content (AvgIpc) is 2.59. The molecule has 0 aliphatic heterocycles. The molecule has 0 heterocycles. The van der Waals surface area contributed by atoms with Crippen molar-refractivity contribution in [3.63, 3.8) is 0 Å². The number of thioether (sulfide) groups is 1. The topological polar surface area (TPSA) is 55.4 Å². The second-order valence-corrected chi connectivity index (χ2v) is 6.90. The van der Waals surface area contributed by atoms with Crippen LogP contribution in [0.4, 0.5) is 10.1 Å². The van der Waals surface area contributed by atoms with Crippen molar-refractivity contribution < 1.29 is 18.7 Å². The summed E-state index contributed by atoms with van der Waals surface area (Å²) in [5.74, 6) is -0.519. The lowest BCUT2D eigenvalue weighted by Gasteiger charge is -2.12. The molecule has 0 spiro atoms. The zero-order valence-electron chi connectivity index (χ0n) is 14.5. The van der Waals surface area contributed by atoms with E-state index < -0.39 is 5.97 Å². The fraction of sp³-hybridized carbons (Fsp3) is 0.263. The summed E-state index contributed by atoms with van der Waals surface area (Å²) in [5, 5.41) is 3.11. The van der Waals surface area contributed by atoms with Crippen LogP contribution in [0.1, 0.15) is 28.4 Å². The largest absolute Gasteiger partial charge is 0.462 e. The number of anilines is 1. The molecule has 7 heteroatoms. The molecule has 0 saturated heterocycles. The zero-order chi connectivity index (χ0) is 19.1. The summed E-state index contributed by atoms with van der Waals surface area (Å²) in [6.45, 7) is 3.77. The van der Waals surface area contributed by atoms with Crippen LogP contribution >= 0.6 is 23.4 Å². The molecule has 0 bridgehead atoms. The highest BCUT2D eigenvalue weighted by atomic mass is 35.5. The number of carbonyl (C=O) groups excluding carboxylic acids is 2. The van der Waals surface area contributed by atoms with E-state index in [-0.39, 0.29) is 24.1 Å². The standard InChI is InChI=1S/C19H19ClFNO3S/c1-3-25-19(24)15-5-4-6-17(12(15)2)22-18(23)11-26-10-13-7-8-14(20)9-16(13)21/h4-9H,3,10-11H2,1-2H3,(H,22,23). The van der Waals surface area contributed by atoms with Gasteiger partial charge in [-0.05, 0) is 49.2 Å². The van der Waals surface area contributed by atoms with Gasteiger partial charge in [0.05, 0.1) is 17.9 Å². The second-order valence-electron chi connectivity index (χ2n) is 5.48. The van der Waals surface area contributed by atoms with Gasteiger partial charge >= 0.3 is 5.97 Å². The third-order valence-electron chi connectivity index (χ3n) is 3.61. The predicted molar refractivity (Wildman–Crippen MR) is 103 cm³/mol. The minimum absolute atomic E-state index is 0.158. The van der Waals surface area contributed by atoms with Crippen molar-refractivity contribution in [3.05, 3.63) is 63.9 Å². The predicted octanol–water partition coefficient (Wildman–Crippen LogP) is 4.84. The van der Waals surface area contributed by atoms with Crippen molar-refractivity contribution >= 4 is 40.9 Å². The lowest BCUT2D eigenvalue weighted by molar-refractivity contribution is -0.113. The summed E-state index contributed by atoms with van der Waals surface area (Å²) in [6.07, 6.45) is 0. The molecule has 0 aliphatic rings. The number of halogens is 2. The van der Waals surface area contributed by atoms with Crippen LogP contribution in [0.2, 0.25) is 5.02 Å². The fourth-order valence-corrected chi connectivity index (χ4v) is 3.25. The van der Waals surface area contributed by atoms with Crippen molar-refractivity contribution in [1.29, 1.82) is 0 Å². The Labute approximate surface area is 161 Å². The maximum atomic E-state index is 13.7. The number of benzene rings is 2. The first-order chi connectivity index (χ1) is 12.4. The maximum Gasteiger partial charge on any atom is 0.338 e. The van der Waals surface area contributed by atoms with Crippen LogP contribution in [-0.2, 0) is 15.3 Å². The first-order valence-corrected chi connectivity index (χ1v) is 9.54. The Kier molecular flexibility index (Phi) is 7.48. The molecule has 2 rings (SSSR count). The van der Waals surface area contributed by atoms with Gasteiger partial charge in [-0.25, -0.2) is 9.18 Å². The van der Waals surface area contributed by atoms with Gasteiger partial charge < -0.3 is 10.1 Å². The Bertz CT molecular complexity index is 813. The van der Waals surface area contributed by atoms with Crippen LogP contribution in [0.15, 0.2) is 36.4 Å². The molecule has 0 atom stereocenters. The van der Waals surface area contributed by atoms with Crippen molar-refractivity contribution in [3.8, 4) is 0 Å². The molecule has 138 valence electrons. The van der Waals surface area contributed by atoms with E-state index in [1.807, 2.05) is 0 Å². The third kappa shape index (κ3) is 5.47. The number of rotatable bonds is 7. The molecule has 0 saturated carbocycles. The highest BCUT2D eigenvalue weighted by Gasteiger charge is 2.14. The van der Waals surface area contributed by atoms with E-state index in [0.717, 1.165) is 0 Å². The molecular weight excluding hydrogens is 377 g/mol. The van der Waals surface area contributed by atoms with Gasteiger partial charge in [0.15, 0.2) is 0 Å². The van der Waals surface area contributed by atoms with Crippen LogP contribution in [0.3, 0.4) is 0 Å². The molecule has 0 radical (unpaired) electrons. The fourth-order valence-electron chi connectivity index (χ4n) is 2.28.